The first kappa shape index (κ1) is 93.9. The topological polar surface area (TPSA) is 314 Å². The maximum atomic E-state index is 12.3. The number of hydrogen-bond acceptors (Lipinski definition) is 16. The van der Waals surface area contributed by atoms with Gasteiger partial charge < -0.3 is 53.5 Å². The molecule has 5 N–H and O–H groups in total. The maximum Gasteiger partial charge on any atom is 0.306 e. The average Bonchev–Trinajstić information content (AvgIpc) is 1.64. The van der Waals surface area contributed by atoms with Gasteiger partial charge in [-0.15, -0.1) is 0 Å². The number of pyridine rings is 4. The smallest absolute Gasteiger partial charge is 0.306 e. The number of esters is 3. The van der Waals surface area contributed by atoms with Crippen molar-refractivity contribution in [2.45, 2.75) is 114 Å². The third-order valence-electron chi connectivity index (χ3n) is 19.0. The van der Waals surface area contributed by atoms with Crippen LogP contribution >= 0.6 is 86.9 Å². The van der Waals surface area contributed by atoms with E-state index in [9.17, 15) is 38.7 Å². The number of benzene rings is 6. The molecule has 6 aromatic carbocycles. The van der Waals surface area contributed by atoms with Gasteiger partial charge in [0.1, 0.15) is 22.8 Å². The van der Waals surface area contributed by atoms with E-state index in [0.29, 0.717) is 48.3 Å². The number of carboxylic acid groups (broad SMARTS) is 3. The molecule has 630 valence electrons. The number of rotatable bonds is 28. The molecule has 1 amide bonds. The standard InChI is InChI=1S/C18H16BrClN2O2.C18H19BrN2O3.C16H14BrClN2O.C16H13BrN2O.C13H16O4.C11H12O4/c1-2-24-16(23)10-14(12-6-4-3-5-7-12)17-18(20)21-15-9-8-13(19)11-22(15)17;1-2-24-18(23)11-14(13-6-4-3-5-7-13)10-17(22)21-16-9-8-15(19)12-20-16;17-12-6-7-14-19-16(18)15(20(14)10-12)13(8-9-21)11-4-2-1-3-5-11;17-12-6-7-14-18-16-15(19(14)10-12)13(8-9-20-16)11-4-2-1-3-5-11;1-2-17-13(16)9-11(8-12(14)15)10-6-4-3-5-7-10;12-10(13)6-9(7-11(14)15)8-4-2-1-3-5-8/h3-9,11,14H,2,10H2,1H3;3-9,12,14H,2,10-11H2,1H3,(H,20,21,22);1-7,10,13,21H,8-9H2;1-7,10,13H,8-9H2;3-7,11H,2,8-9H2,1H3,(H,14,15);1-5,9H,6-7H2,(H,12,13)(H,14,15). The number of aliphatic hydroxyl groups is 1. The van der Waals surface area contributed by atoms with Gasteiger partial charge in [0.25, 0.3) is 0 Å². The van der Waals surface area contributed by atoms with Crippen molar-refractivity contribution in [3.8, 4) is 5.88 Å². The minimum Gasteiger partial charge on any atom is -0.481 e. The molecule has 14 rings (SSSR count). The van der Waals surface area contributed by atoms with E-state index in [1.165, 1.54) is 5.56 Å². The Morgan fingerprint density at radius 1 is 0.446 bits per heavy atom. The van der Waals surface area contributed by atoms with Crippen LogP contribution < -0.4 is 10.1 Å². The number of amides is 1. The second-order valence-corrected chi connectivity index (χ2v) is 31.8. The number of imidazole rings is 3. The number of aliphatic carboxylic acids is 3. The van der Waals surface area contributed by atoms with Gasteiger partial charge in [-0.05, 0) is 179 Å². The van der Waals surface area contributed by atoms with Crippen molar-refractivity contribution in [3.05, 3.63) is 334 Å². The Balaban J connectivity index is 0.000000166. The summed E-state index contributed by atoms with van der Waals surface area (Å²) in [5.74, 6) is -3.65. The summed E-state index contributed by atoms with van der Waals surface area (Å²) in [6.07, 6.45) is 9.40. The zero-order chi connectivity index (χ0) is 86.7. The van der Waals surface area contributed by atoms with Crippen molar-refractivity contribution < 1.29 is 72.9 Å². The highest BCUT2D eigenvalue weighted by Gasteiger charge is 2.31. The second-order valence-electron chi connectivity index (χ2n) is 27.4. The quantitative estimate of drug-likeness (QED) is 0.0225. The van der Waals surface area contributed by atoms with Crippen LogP contribution in [-0.2, 0) is 47.8 Å². The first-order chi connectivity index (χ1) is 58.4. The maximum absolute atomic E-state index is 12.3. The van der Waals surface area contributed by atoms with Crippen molar-refractivity contribution >= 4 is 151 Å². The van der Waals surface area contributed by atoms with Gasteiger partial charge in [-0.1, -0.05) is 205 Å². The number of carbonyl (C=O) groups excluding carboxylic acids is 4. The van der Waals surface area contributed by atoms with Crippen LogP contribution in [0.1, 0.15) is 165 Å². The third kappa shape index (κ3) is 28.9. The highest BCUT2D eigenvalue weighted by atomic mass is 79.9. The molecule has 0 spiro atoms. The fourth-order valence-corrected chi connectivity index (χ4v) is 15.5. The Hall–Kier alpha value is -10.9. The molecule has 0 saturated heterocycles. The number of nitrogens with zero attached hydrogens (tertiary/aromatic N) is 7. The molecule has 23 nitrogen and oxygen atoms in total. The zero-order valence-corrected chi connectivity index (χ0v) is 74.1. The van der Waals surface area contributed by atoms with Crippen LogP contribution in [0.3, 0.4) is 0 Å². The van der Waals surface area contributed by atoms with Gasteiger partial charge in [0, 0.05) is 91.2 Å². The summed E-state index contributed by atoms with van der Waals surface area (Å²) in [5.41, 5.74) is 11.3. The number of carboxylic acids is 3. The Labute approximate surface area is 744 Å². The van der Waals surface area contributed by atoms with Crippen LogP contribution in [0.15, 0.2) is 273 Å². The molecule has 5 atom stereocenters. The fourth-order valence-electron chi connectivity index (χ4n) is 13.7. The van der Waals surface area contributed by atoms with E-state index in [1.807, 2.05) is 185 Å². The van der Waals surface area contributed by atoms with Crippen molar-refractivity contribution in [1.29, 1.82) is 0 Å². The van der Waals surface area contributed by atoms with Gasteiger partial charge in [0.15, 0.2) is 10.3 Å². The summed E-state index contributed by atoms with van der Waals surface area (Å²) < 4.78 is 30.6. The van der Waals surface area contributed by atoms with E-state index in [1.54, 1.807) is 63.4 Å². The monoisotopic (exact) mass is 1930 g/mol. The number of nitrogens with one attached hydrogen (secondary N) is 1. The number of carbonyl (C=O) groups is 7. The number of anilines is 1. The predicted molar refractivity (Wildman–Crippen MR) is 479 cm³/mol. The lowest BCUT2D eigenvalue weighted by Crippen LogP contribution is -2.19. The van der Waals surface area contributed by atoms with Crippen LogP contribution in [0, 0.1) is 0 Å². The molecule has 13 aromatic rings. The van der Waals surface area contributed by atoms with Gasteiger partial charge in [-0.3, -0.25) is 38.0 Å². The van der Waals surface area contributed by atoms with Gasteiger partial charge in [-0.25, -0.2) is 15.0 Å². The Morgan fingerprint density at radius 2 is 0.810 bits per heavy atom. The fraction of sp³-hybridized carbons (Fsp3) is 0.250. The lowest BCUT2D eigenvalue weighted by atomic mass is 9.91. The summed E-state index contributed by atoms with van der Waals surface area (Å²) >= 11 is 26.6. The zero-order valence-electron chi connectivity index (χ0n) is 66.3. The van der Waals surface area contributed by atoms with E-state index in [2.05, 4.69) is 130 Å². The molecule has 121 heavy (non-hydrogen) atoms. The lowest BCUT2D eigenvalue weighted by Gasteiger charge is -2.23. The number of aromatic nitrogens is 7. The molecular weight excluding hydrogens is 1850 g/mol. The number of aliphatic hydroxyl groups excluding tert-OH is 1. The van der Waals surface area contributed by atoms with E-state index >= 15 is 0 Å². The SMILES string of the molecule is Brc1ccc2nc3c(n2c1)C(c1ccccc1)CCO3.CCOC(=O)CC(CC(=O)Nc1ccc(Br)cn1)c1ccccc1.CCOC(=O)CC(CC(=O)O)c1ccccc1.CCOC(=O)CC(c1ccccc1)c1c(Cl)nc2ccc(Br)cn12.O=C(O)CC(CC(=O)O)c1ccccc1.OCCC(c1ccccc1)c1c(Cl)nc2ccc(Br)cn12. The summed E-state index contributed by atoms with van der Waals surface area (Å²) in [4.78, 5) is 97.1. The molecule has 0 saturated carbocycles. The largest absolute Gasteiger partial charge is 0.481 e. The van der Waals surface area contributed by atoms with Gasteiger partial charge in [-0.2, -0.15) is 4.98 Å². The van der Waals surface area contributed by atoms with Crippen molar-refractivity contribution in [2.75, 3.05) is 38.4 Å². The average molecular weight is 1940 g/mol. The van der Waals surface area contributed by atoms with E-state index in [4.69, 9.17) is 57.5 Å². The molecule has 5 unspecified atom stereocenters. The predicted octanol–water partition coefficient (Wildman–Crippen LogP) is 20.9. The molecule has 0 fully saturated rings. The van der Waals surface area contributed by atoms with Crippen LogP contribution in [0.5, 0.6) is 5.88 Å². The van der Waals surface area contributed by atoms with Gasteiger partial charge >= 0.3 is 35.8 Å². The number of hydrogen-bond donors (Lipinski definition) is 5. The molecule has 0 radical (unpaired) electrons. The van der Waals surface area contributed by atoms with Crippen LogP contribution in [0.4, 0.5) is 5.82 Å². The van der Waals surface area contributed by atoms with Crippen LogP contribution in [0.25, 0.3) is 16.9 Å². The molecule has 0 aliphatic carbocycles. The molecule has 29 heteroatoms. The molecule has 1 aliphatic rings. The van der Waals surface area contributed by atoms with Crippen molar-refractivity contribution in [3.63, 3.8) is 0 Å². The third-order valence-corrected chi connectivity index (χ3v) is 21.4. The van der Waals surface area contributed by atoms with E-state index in [-0.39, 0.29) is 99.0 Å². The minimum absolute atomic E-state index is 0.00741. The summed E-state index contributed by atoms with van der Waals surface area (Å²) in [6, 6.07) is 73.1. The van der Waals surface area contributed by atoms with E-state index in [0.717, 1.165) is 98.6 Å². The van der Waals surface area contributed by atoms with Crippen LogP contribution in [-0.4, -0.2) is 128 Å². The molecule has 8 heterocycles. The lowest BCUT2D eigenvalue weighted by molar-refractivity contribution is -0.145. The first-order valence-corrected chi connectivity index (χ1v) is 42.8. The molecular formula is C92H90Br4Cl2N8O15. The molecule has 1 aliphatic heterocycles. The Kier molecular flexibility index (Phi) is 37.7. The van der Waals surface area contributed by atoms with Gasteiger partial charge in [0.2, 0.25) is 11.8 Å². The number of ether oxygens (including phenoxy) is 4. The highest BCUT2D eigenvalue weighted by molar-refractivity contribution is 9.11. The first-order valence-electron chi connectivity index (χ1n) is 38.8. The van der Waals surface area contributed by atoms with Gasteiger partial charge in [0.05, 0.1) is 82.0 Å². The van der Waals surface area contributed by atoms with Crippen LogP contribution in [0.2, 0.25) is 10.3 Å². The number of halogens is 6. The summed E-state index contributed by atoms with van der Waals surface area (Å²) in [6.45, 7) is 7.10. The van der Waals surface area contributed by atoms with Crippen molar-refractivity contribution in [1.82, 2.24) is 33.1 Å². The summed E-state index contributed by atoms with van der Waals surface area (Å²) in [5, 5.41) is 39.2. The number of fused-ring (bicyclic) bond motifs is 5. The Morgan fingerprint density at radius 3 is 1.21 bits per heavy atom. The van der Waals surface area contributed by atoms with Crippen molar-refractivity contribution in [2.24, 2.45) is 0 Å². The minimum atomic E-state index is -0.981. The Bertz CT molecular complexity index is 5500. The highest BCUT2D eigenvalue weighted by Crippen LogP contribution is 2.40. The second kappa shape index (κ2) is 48.5. The molecule has 0 bridgehead atoms. The molecule has 7 aromatic heterocycles. The van der Waals surface area contributed by atoms with E-state index < -0.39 is 23.8 Å². The normalized spacial score (nSPS) is 12.8. The summed E-state index contributed by atoms with van der Waals surface area (Å²) in [7, 11) is 0.